The quantitative estimate of drug-likeness (QED) is 0.831. The number of hydrogen-bond acceptors (Lipinski definition) is 2. The minimum atomic E-state index is -0.723. The summed E-state index contributed by atoms with van der Waals surface area (Å²) >= 11 is 0. The van der Waals surface area contributed by atoms with Crippen LogP contribution in [0.5, 0.6) is 0 Å². The minimum Gasteiger partial charge on any atom is -0.481 e. The van der Waals surface area contributed by atoms with Crippen molar-refractivity contribution in [1.29, 1.82) is 0 Å². The molecular weight excluding hydrogens is 226 g/mol. The number of hydrogen-bond donors (Lipinski definition) is 2. The van der Waals surface area contributed by atoms with Crippen molar-refractivity contribution < 1.29 is 9.90 Å². The fourth-order valence-corrected chi connectivity index (χ4v) is 2.21. The Kier molecular flexibility index (Phi) is 4.33. The molecule has 2 N–H and O–H groups in total. The monoisotopic (exact) mass is 241 g/mol. The van der Waals surface area contributed by atoms with Crippen molar-refractivity contribution in [2.45, 2.75) is 18.3 Å². The van der Waals surface area contributed by atoms with E-state index in [-0.39, 0.29) is 12.4 Å². The highest BCUT2D eigenvalue weighted by Crippen LogP contribution is 2.31. The van der Waals surface area contributed by atoms with Crippen LogP contribution in [0.3, 0.4) is 0 Å². The van der Waals surface area contributed by atoms with Gasteiger partial charge in [0.15, 0.2) is 0 Å². The lowest BCUT2D eigenvalue weighted by molar-refractivity contribution is -0.144. The number of nitrogens with one attached hydrogen (secondary N) is 1. The van der Waals surface area contributed by atoms with Crippen LogP contribution in [0.1, 0.15) is 18.4 Å². The Morgan fingerprint density at radius 2 is 2.00 bits per heavy atom. The summed E-state index contributed by atoms with van der Waals surface area (Å²) in [5.74, 6) is -0.721. The molecule has 0 aromatic heterocycles. The molecule has 1 aliphatic heterocycles. The van der Waals surface area contributed by atoms with E-state index in [9.17, 15) is 9.90 Å². The van der Waals surface area contributed by atoms with Crippen LogP contribution in [0.25, 0.3) is 0 Å². The second kappa shape index (κ2) is 5.32. The highest BCUT2D eigenvalue weighted by molar-refractivity contribution is 5.85. The fourth-order valence-electron chi connectivity index (χ4n) is 2.21. The number of carboxylic acid groups (broad SMARTS) is 1. The molecule has 16 heavy (non-hydrogen) atoms. The van der Waals surface area contributed by atoms with Crippen LogP contribution in [-0.4, -0.2) is 24.2 Å². The molecule has 0 saturated carbocycles. The maximum atomic E-state index is 11.4. The summed E-state index contributed by atoms with van der Waals surface area (Å²) < 4.78 is 0. The lowest BCUT2D eigenvalue weighted by atomic mass is 9.75. The van der Waals surface area contributed by atoms with Crippen LogP contribution in [0.2, 0.25) is 0 Å². The van der Waals surface area contributed by atoms with E-state index >= 15 is 0 Å². The van der Waals surface area contributed by atoms with Gasteiger partial charge in [-0.25, -0.2) is 0 Å². The summed E-state index contributed by atoms with van der Waals surface area (Å²) in [6.07, 6.45) is 1.64. The van der Waals surface area contributed by atoms with Crippen LogP contribution in [0, 0.1) is 0 Å². The van der Waals surface area contributed by atoms with Gasteiger partial charge in [-0.3, -0.25) is 4.79 Å². The predicted octanol–water partition coefficient (Wildman–Crippen LogP) is 1.81. The summed E-state index contributed by atoms with van der Waals surface area (Å²) in [5, 5.41) is 12.6. The maximum absolute atomic E-state index is 11.4. The zero-order valence-corrected chi connectivity index (χ0v) is 9.80. The van der Waals surface area contributed by atoms with Gasteiger partial charge in [-0.2, -0.15) is 0 Å². The number of carboxylic acids is 1. The van der Waals surface area contributed by atoms with Gasteiger partial charge in [0, 0.05) is 6.54 Å². The highest BCUT2D eigenvalue weighted by Gasteiger charge is 2.41. The van der Waals surface area contributed by atoms with E-state index in [4.69, 9.17) is 0 Å². The molecule has 4 heteroatoms. The third-order valence-electron chi connectivity index (χ3n) is 3.12. The first-order valence-corrected chi connectivity index (χ1v) is 5.25. The van der Waals surface area contributed by atoms with E-state index in [1.165, 1.54) is 0 Å². The number of halogens is 1. The number of benzene rings is 1. The average molecular weight is 242 g/mol. The Morgan fingerprint density at radius 3 is 2.50 bits per heavy atom. The molecule has 0 radical (unpaired) electrons. The topological polar surface area (TPSA) is 49.3 Å². The molecule has 1 saturated heterocycles. The molecule has 0 bridgehead atoms. The molecule has 0 amide bonds. The van der Waals surface area contributed by atoms with Crippen LogP contribution in [0.15, 0.2) is 30.3 Å². The van der Waals surface area contributed by atoms with E-state index in [1.54, 1.807) is 0 Å². The third-order valence-corrected chi connectivity index (χ3v) is 3.12. The Bertz CT molecular complexity index is 347. The molecule has 2 rings (SSSR count). The average Bonchev–Trinajstić information content (AvgIpc) is 2.31. The zero-order chi connectivity index (χ0) is 10.7. The SMILES string of the molecule is Cl.O=C(O)C1(c2ccccc2)CCCNC1. The van der Waals surface area contributed by atoms with Crippen molar-refractivity contribution in [3.8, 4) is 0 Å². The molecule has 1 fully saturated rings. The summed E-state index contributed by atoms with van der Waals surface area (Å²) in [5.41, 5.74) is 0.184. The van der Waals surface area contributed by atoms with Crippen molar-refractivity contribution in [3.63, 3.8) is 0 Å². The molecule has 0 spiro atoms. The number of rotatable bonds is 2. The smallest absolute Gasteiger partial charge is 0.315 e. The van der Waals surface area contributed by atoms with Crippen molar-refractivity contribution in [2.24, 2.45) is 0 Å². The summed E-state index contributed by atoms with van der Waals surface area (Å²) in [4.78, 5) is 11.4. The molecule has 1 aromatic rings. The largest absolute Gasteiger partial charge is 0.481 e. The molecule has 1 heterocycles. The molecule has 1 atom stereocenters. The second-order valence-electron chi connectivity index (χ2n) is 4.03. The number of piperidine rings is 1. The predicted molar refractivity (Wildman–Crippen MR) is 65.1 cm³/mol. The second-order valence-corrected chi connectivity index (χ2v) is 4.03. The first-order chi connectivity index (χ1) is 7.26. The number of aliphatic carboxylic acids is 1. The van der Waals surface area contributed by atoms with E-state index in [2.05, 4.69) is 5.32 Å². The van der Waals surface area contributed by atoms with Gasteiger partial charge in [-0.1, -0.05) is 30.3 Å². The Balaban J connectivity index is 0.00000128. The van der Waals surface area contributed by atoms with E-state index in [0.29, 0.717) is 6.54 Å². The van der Waals surface area contributed by atoms with Gasteiger partial charge in [-0.15, -0.1) is 12.4 Å². The standard InChI is InChI=1S/C12H15NO2.ClH/c14-11(15)12(7-4-8-13-9-12)10-5-2-1-3-6-10;/h1-3,5-6,13H,4,7-9H2,(H,14,15);1H. The summed E-state index contributed by atoms with van der Waals surface area (Å²) in [6.45, 7) is 1.45. The van der Waals surface area contributed by atoms with Crippen molar-refractivity contribution in [2.75, 3.05) is 13.1 Å². The Hall–Kier alpha value is -1.06. The first kappa shape index (κ1) is 13.0. The summed E-state index contributed by atoms with van der Waals surface area (Å²) in [6, 6.07) is 9.51. The molecule has 3 nitrogen and oxygen atoms in total. The van der Waals surface area contributed by atoms with Crippen LogP contribution < -0.4 is 5.32 Å². The molecule has 1 aromatic carbocycles. The van der Waals surface area contributed by atoms with E-state index in [1.807, 2.05) is 30.3 Å². The maximum Gasteiger partial charge on any atom is 0.315 e. The molecule has 88 valence electrons. The lowest BCUT2D eigenvalue weighted by Crippen LogP contribution is -2.48. The summed E-state index contributed by atoms with van der Waals surface area (Å²) in [7, 11) is 0. The molecule has 1 unspecified atom stereocenters. The van der Waals surface area contributed by atoms with Crippen LogP contribution in [0.4, 0.5) is 0 Å². The Labute approximate surface area is 101 Å². The van der Waals surface area contributed by atoms with Crippen LogP contribution >= 0.6 is 12.4 Å². The van der Waals surface area contributed by atoms with Gasteiger partial charge in [0.1, 0.15) is 5.41 Å². The zero-order valence-electron chi connectivity index (χ0n) is 8.98. The van der Waals surface area contributed by atoms with Crippen molar-refractivity contribution in [1.82, 2.24) is 5.32 Å². The molecule has 1 aliphatic rings. The fraction of sp³-hybridized carbons (Fsp3) is 0.417. The van der Waals surface area contributed by atoms with Crippen molar-refractivity contribution >= 4 is 18.4 Å². The van der Waals surface area contributed by atoms with Crippen LogP contribution in [-0.2, 0) is 10.2 Å². The first-order valence-electron chi connectivity index (χ1n) is 5.25. The number of carbonyl (C=O) groups is 1. The Morgan fingerprint density at radius 1 is 1.31 bits per heavy atom. The minimum absolute atomic E-state index is 0. The third kappa shape index (κ3) is 2.20. The van der Waals surface area contributed by atoms with Crippen molar-refractivity contribution in [3.05, 3.63) is 35.9 Å². The van der Waals surface area contributed by atoms with Gasteiger partial charge in [0.2, 0.25) is 0 Å². The van der Waals surface area contributed by atoms with Gasteiger partial charge >= 0.3 is 5.97 Å². The van der Waals surface area contributed by atoms with Gasteiger partial charge in [-0.05, 0) is 24.9 Å². The van der Waals surface area contributed by atoms with Gasteiger partial charge in [0.25, 0.3) is 0 Å². The lowest BCUT2D eigenvalue weighted by Gasteiger charge is -2.34. The normalized spacial score (nSPS) is 24.5. The van der Waals surface area contributed by atoms with E-state index < -0.39 is 11.4 Å². The van der Waals surface area contributed by atoms with Gasteiger partial charge in [0.05, 0.1) is 0 Å². The molecular formula is C12H16ClNO2. The highest BCUT2D eigenvalue weighted by atomic mass is 35.5. The molecule has 0 aliphatic carbocycles. The van der Waals surface area contributed by atoms with Gasteiger partial charge < -0.3 is 10.4 Å². The van der Waals surface area contributed by atoms with E-state index in [0.717, 1.165) is 24.9 Å².